The summed E-state index contributed by atoms with van der Waals surface area (Å²) in [6, 6.07) is 6.26. The number of nitrogens with one attached hydrogen (secondary N) is 1. The van der Waals surface area contributed by atoms with Gasteiger partial charge in [-0.25, -0.2) is 0 Å². The fourth-order valence-electron chi connectivity index (χ4n) is 1.60. The van der Waals surface area contributed by atoms with Crippen LogP contribution in [0.1, 0.15) is 17.3 Å². The maximum absolute atomic E-state index is 11.7. The van der Waals surface area contributed by atoms with Crippen molar-refractivity contribution in [1.82, 2.24) is 10.2 Å². The molecule has 0 aliphatic rings. The fraction of sp³-hybridized carbons (Fsp3) is 0.385. The lowest BCUT2D eigenvalue weighted by Gasteiger charge is -2.17. The lowest BCUT2D eigenvalue weighted by Crippen LogP contribution is -2.40. The van der Waals surface area contributed by atoms with Crippen molar-refractivity contribution in [2.75, 3.05) is 20.1 Å². The Morgan fingerprint density at radius 2 is 1.95 bits per heavy atom. The molecule has 0 spiro atoms. The highest BCUT2D eigenvalue weighted by atomic mass is 35.5. The van der Waals surface area contributed by atoms with E-state index >= 15 is 0 Å². The molecule has 0 aromatic heterocycles. The van der Waals surface area contributed by atoms with Gasteiger partial charge < -0.3 is 5.11 Å². The highest BCUT2D eigenvalue weighted by molar-refractivity contribution is 6.30. The molecular formula is C13H17ClN2O3. The molecule has 104 valence electrons. The topological polar surface area (TPSA) is 69.6 Å². The van der Waals surface area contributed by atoms with E-state index in [2.05, 4.69) is 5.32 Å². The van der Waals surface area contributed by atoms with E-state index in [-0.39, 0.29) is 6.54 Å². The first kappa shape index (κ1) is 15.6. The number of benzene rings is 1. The first-order valence-electron chi connectivity index (χ1n) is 5.85. The molecule has 0 aliphatic carbocycles. The highest BCUT2D eigenvalue weighted by Gasteiger charge is 2.13. The molecule has 0 aliphatic heterocycles. The normalized spacial score (nSPS) is 12.3. The number of hydrogen-bond acceptors (Lipinski definition) is 4. The number of aliphatic hydroxyl groups is 1. The molecule has 6 heteroatoms. The molecule has 0 saturated heterocycles. The maximum Gasteiger partial charge on any atom is 0.257 e. The van der Waals surface area contributed by atoms with Crippen molar-refractivity contribution >= 4 is 23.4 Å². The van der Waals surface area contributed by atoms with Gasteiger partial charge in [-0.3, -0.25) is 19.8 Å². The molecule has 5 nitrogen and oxygen atoms in total. The second-order valence-corrected chi connectivity index (χ2v) is 4.87. The van der Waals surface area contributed by atoms with Gasteiger partial charge in [0, 0.05) is 17.1 Å². The number of rotatable bonds is 5. The minimum atomic E-state index is -0.523. The molecule has 0 bridgehead atoms. The van der Waals surface area contributed by atoms with Crippen LogP contribution >= 0.6 is 11.6 Å². The molecule has 2 N–H and O–H groups in total. The zero-order valence-electron chi connectivity index (χ0n) is 10.9. The number of likely N-dealkylation sites (N-methyl/N-ethyl adjacent to an activating group) is 1. The third-order valence-electron chi connectivity index (χ3n) is 2.35. The van der Waals surface area contributed by atoms with Crippen molar-refractivity contribution in [3.05, 3.63) is 34.9 Å². The predicted octanol–water partition coefficient (Wildman–Crippen LogP) is 0.909. The van der Waals surface area contributed by atoms with E-state index in [0.717, 1.165) is 0 Å². The number of carbonyl (C=O) groups excluding carboxylic acids is 2. The van der Waals surface area contributed by atoms with E-state index in [1.165, 1.54) is 0 Å². The van der Waals surface area contributed by atoms with Gasteiger partial charge in [-0.1, -0.05) is 11.6 Å². The summed E-state index contributed by atoms with van der Waals surface area (Å²) in [5, 5.41) is 12.0. The molecule has 0 saturated carbocycles. The van der Waals surface area contributed by atoms with Crippen LogP contribution in [-0.2, 0) is 4.79 Å². The van der Waals surface area contributed by atoms with Crippen LogP contribution in [0.4, 0.5) is 0 Å². The number of carbonyl (C=O) groups is 2. The second-order valence-electron chi connectivity index (χ2n) is 4.43. The average Bonchev–Trinajstić information content (AvgIpc) is 2.27. The van der Waals surface area contributed by atoms with Gasteiger partial charge in [0.1, 0.15) is 0 Å². The largest absolute Gasteiger partial charge is 0.392 e. The zero-order valence-corrected chi connectivity index (χ0v) is 11.6. The lowest BCUT2D eigenvalue weighted by molar-refractivity contribution is -0.121. The van der Waals surface area contributed by atoms with Crippen molar-refractivity contribution in [3.8, 4) is 0 Å². The molecule has 0 fully saturated rings. The van der Waals surface area contributed by atoms with Crippen LogP contribution in [-0.4, -0.2) is 48.1 Å². The third kappa shape index (κ3) is 5.83. The number of aliphatic hydroxyl groups excluding tert-OH is 1. The summed E-state index contributed by atoms with van der Waals surface area (Å²) < 4.78 is 0. The van der Waals surface area contributed by atoms with Gasteiger partial charge in [-0.15, -0.1) is 0 Å². The minimum absolute atomic E-state index is 0.0459. The van der Waals surface area contributed by atoms with Crippen LogP contribution in [0.25, 0.3) is 0 Å². The summed E-state index contributed by atoms with van der Waals surface area (Å²) in [6.07, 6.45) is -0.523. The van der Waals surface area contributed by atoms with E-state index < -0.39 is 17.9 Å². The number of imide groups is 1. The van der Waals surface area contributed by atoms with Gasteiger partial charge in [0.05, 0.1) is 12.6 Å². The summed E-state index contributed by atoms with van der Waals surface area (Å²) in [7, 11) is 1.69. The summed E-state index contributed by atoms with van der Waals surface area (Å²) in [4.78, 5) is 25.0. The second kappa shape index (κ2) is 7.23. The van der Waals surface area contributed by atoms with E-state index in [1.807, 2.05) is 0 Å². The van der Waals surface area contributed by atoms with Crippen molar-refractivity contribution in [2.24, 2.45) is 0 Å². The molecule has 0 heterocycles. The molecule has 1 aromatic carbocycles. The van der Waals surface area contributed by atoms with E-state index in [9.17, 15) is 9.59 Å². The van der Waals surface area contributed by atoms with Crippen LogP contribution < -0.4 is 5.32 Å². The number of amides is 2. The van der Waals surface area contributed by atoms with Crippen LogP contribution in [0, 0.1) is 0 Å². The molecule has 2 amide bonds. The Balaban J connectivity index is 2.48. The lowest BCUT2D eigenvalue weighted by atomic mass is 10.2. The molecule has 1 aromatic rings. The summed E-state index contributed by atoms with van der Waals surface area (Å²) in [6.45, 7) is 2.04. The van der Waals surface area contributed by atoms with Gasteiger partial charge in [-0.2, -0.15) is 0 Å². The number of nitrogens with zero attached hydrogens (tertiary/aromatic N) is 1. The SMILES string of the molecule is CC(O)CN(C)CC(=O)NC(=O)c1ccc(Cl)cc1. The average molecular weight is 285 g/mol. The van der Waals surface area contributed by atoms with Crippen LogP contribution in [0.3, 0.4) is 0 Å². The van der Waals surface area contributed by atoms with Crippen molar-refractivity contribution in [3.63, 3.8) is 0 Å². The quantitative estimate of drug-likeness (QED) is 0.843. The van der Waals surface area contributed by atoms with Crippen molar-refractivity contribution < 1.29 is 14.7 Å². The smallest absolute Gasteiger partial charge is 0.257 e. The van der Waals surface area contributed by atoms with Crippen molar-refractivity contribution in [1.29, 1.82) is 0 Å². The molecule has 0 radical (unpaired) electrons. The first-order valence-corrected chi connectivity index (χ1v) is 6.22. The van der Waals surface area contributed by atoms with E-state index in [4.69, 9.17) is 16.7 Å². The summed E-state index contributed by atoms with van der Waals surface area (Å²) >= 11 is 5.71. The van der Waals surface area contributed by atoms with E-state index in [1.54, 1.807) is 43.1 Å². The number of halogens is 1. The van der Waals surface area contributed by atoms with Crippen LogP contribution in [0.2, 0.25) is 5.02 Å². The zero-order chi connectivity index (χ0) is 14.4. The van der Waals surface area contributed by atoms with Crippen LogP contribution in [0.15, 0.2) is 24.3 Å². The standard InChI is InChI=1S/C13H17ClN2O3/c1-9(17)7-16(2)8-12(18)15-13(19)10-3-5-11(14)6-4-10/h3-6,9,17H,7-8H2,1-2H3,(H,15,18,19). The Morgan fingerprint density at radius 3 is 2.47 bits per heavy atom. The minimum Gasteiger partial charge on any atom is -0.392 e. The molecule has 1 rings (SSSR count). The number of hydrogen-bond donors (Lipinski definition) is 2. The molecule has 1 unspecified atom stereocenters. The Hall–Kier alpha value is -1.43. The summed E-state index contributed by atoms with van der Waals surface area (Å²) in [5.74, 6) is -0.879. The summed E-state index contributed by atoms with van der Waals surface area (Å²) in [5.41, 5.74) is 0.371. The monoisotopic (exact) mass is 284 g/mol. The van der Waals surface area contributed by atoms with Gasteiger partial charge in [0.25, 0.3) is 5.91 Å². The third-order valence-corrected chi connectivity index (χ3v) is 2.60. The fourth-order valence-corrected chi connectivity index (χ4v) is 1.73. The Morgan fingerprint density at radius 1 is 1.37 bits per heavy atom. The molecular weight excluding hydrogens is 268 g/mol. The van der Waals surface area contributed by atoms with Gasteiger partial charge in [0.2, 0.25) is 5.91 Å². The van der Waals surface area contributed by atoms with Gasteiger partial charge >= 0.3 is 0 Å². The van der Waals surface area contributed by atoms with Gasteiger partial charge in [-0.05, 0) is 38.2 Å². The maximum atomic E-state index is 11.7. The van der Waals surface area contributed by atoms with Crippen LogP contribution in [0.5, 0.6) is 0 Å². The Labute approximate surface area is 117 Å². The predicted molar refractivity (Wildman–Crippen MR) is 73.1 cm³/mol. The first-order chi connectivity index (χ1) is 8.88. The Kier molecular flexibility index (Phi) is 5.95. The van der Waals surface area contributed by atoms with Gasteiger partial charge in [0.15, 0.2) is 0 Å². The van der Waals surface area contributed by atoms with Crippen molar-refractivity contribution in [2.45, 2.75) is 13.0 Å². The van der Waals surface area contributed by atoms with E-state index in [0.29, 0.717) is 17.1 Å². The molecule has 19 heavy (non-hydrogen) atoms. The highest BCUT2D eigenvalue weighted by Crippen LogP contribution is 2.09. The molecule has 1 atom stereocenters. The Bertz CT molecular complexity index is 446.